The van der Waals surface area contributed by atoms with Crippen molar-refractivity contribution in [3.05, 3.63) is 12.2 Å². The highest BCUT2D eigenvalue weighted by Crippen LogP contribution is 2.18. The molecule has 0 saturated heterocycles. The number of ether oxygens (including phenoxy) is 1. The molecule has 1 unspecified atom stereocenters. The summed E-state index contributed by atoms with van der Waals surface area (Å²) in [7, 11) is 0. The van der Waals surface area contributed by atoms with E-state index in [1.807, 2.05) is 6.92 Å². The van der Waals surface area contributed by atoms with Crippen molar-refractivity contribution in [1.82, 2.24) is 0 Å². The fourth-order valence-electron chi connectivity index (χ4n) is 5.32. The zero-order chi connectivity index (χ0) is 28.7. The van der Waals surface area contributed by atoms with Crippen molar-refractivity contribution in [1.29, 1.82) is 0 Å². The Labute approximate surface area is 243 Å². The molecule has 4 nitrogen and oxygen atoms in total. The third kappa shape index (κ3) is 29.5. The predicted octanol–water partition coefficient (Wildman–Crippen LogP) is 11.4. The first-order valence-electron chi connectivity index (χ1n) is 17.1. The molecule has 0 saturated carbocycles. The second-order valence-electron chi connectivity index (χ2n) is 11.7. The number of allylic oxidation sites excluding steroid dienone is 2. The van der Waals surface area contributed by atoms with Gasteiger partial charge >= 0.3 is 11.9 Å². The summed E-state index contributed by atoms with van der Waals surface area (Å²) in [6.07, 6.45) is 38.2. The van der Waals surface area contributed by atoms with Crippen molar-refractivity contribution >= 4 is 11.9 Å². The van der Waals surface area contributed by atoms with Gasteiger partial charge in [-0.15, -0.1) is 0 Å². The molecule has 0 aromatic heterocycles. The van der Waals surface area contributed by atoms with Crippen molar-refractivity contribution in [3.8, 4) is 0 Å². The van der Waals surface area contributed by atoms with Crippen LogP contribution in [0.25, 0.3) is 0 Å². The lowest BCUT2D eigenvalue weighted by Gasteiger charge is -2.11. The first kappa shape index (κ1) is 37.7. The van der Waals surface area contributed by atoms with Crippen LogP contribution in [0.2, 0.25) is 0 Å². The van der Waals surface area contributed by atoms with Crippen LogP contribution in [0.5, 0.6) is 0 Å². The Morgan fingerprint density at radius 1 is 0.615 bits per heavy atom. The third-order valence-electron chi connectivity index (χ3n) is 7.89. The predicted molar refractivity (Wildman–Crippen MR) is 167 cm³/mol. The van der Waals surface area contributed by atoms with Gasteiger partial charge in [-0.05, 0) is 32.6 Å². The Kier molecular flexibility index (Phi) is 30.2. The SMILES string of the molecule is C/C=C/CCCCCCCCCCCCCCCCCCCCCCCCCC(CC(=O)OCCC)C(=O)O. The van der Waals surface area contributed by atoms with Crippen LogP contribution in [-0.2, 0) is 14.3 Å². The third-order valence-corrected chi connectivity index (χ3v) is 7.89. The van der Waals surface area contributed by atoms with E-state index in [0.29, 0.717) is 13.0 Å². The van der Waals surface area contributed by atoms with E-state index < -0.39 is 11.9 Å². The van der Waals surface area contributed by atoms with Gasteiger partial charge in [-0.25, -0.2) is 0 Å². The van der Waals surface area contributed by atoms with Crippen LogP contribution in [0.4, 0.5) is 0 Å². The van der Waals surface area contributed by atoms with Gasteiger partial charge in [0.25, 0.3) is 0 Å². The molecule has 0 spiro atoms. The molecule has 0 rings (SSSR count). The fourth-order valence-corrected chi connectivity index (χ4v) is 5.32. The molecule has 0 bridgehead atoms. The van der Waals surface area contributed by atoms with E-state index >= 15 is 0 Å². The lowest BCUT2D eigenvalue weighted by Crippen LogP contribution is -2.19. The fraction of sp³-hybridized carbons (Fsp3) is 0.886. The number of esters is 1. The smallest absolute Gasteiger partial charge is 0.307 e. The summed E-state index contributed by atoms with van der Waals surface area (Å²) >= 11 is 0. The molecule has 0 heterocycles. The van der Waals surface area contributed by atoms with Gasteiger partial charge in [-0.2, -0.15) is 0 Å². The van der Waals surface area contributed by atoms with Gasteiger partial charge < -0.3 is 9.84 Å². The van der Waals surface area contributed by atoms with E-state index in [0.717, 1.165) is 19.3 Å². The van der Waals surface area contributed by atoms with Gasteiger partial charge in [-0.1, -0.05) is 160 Å². The number of carbonyl (C=O) groups excluding carboxylic acids is 1. The van der Waals surface area contributed by atoms with Crippen molar-refractivity contribution in [2.75, 3.05) is 6.61 Å². The molecule has 0 aliphatic rings. The number of carboxylic acids is 1. The van der Waals surface area contributed by atoms with Gasteiger partial charge in [0.2, 0.25) is 0 Å². The number of carbonyl (C=O) groups is 2. The van der Waals surface area contributed by atoms with Crippen molar-refractivity contribution in [2.24, 2.45) is 5.92 Å². The van der Waals surface area contributed by atoms with E-state index in [9.17, 15) is 14.7 Å². The standard InChI is InChI=1S/C35H66O4/c1-3-5-6-7-8-9-10-11-12-13-14-15-16-17-18-19-20-21-22-23-24-25-26-27-28-29-30-33(35(37)38)32-34(36)39-31-4-2/h3,5,33H,4,6-32H2,1-2H3,(H,37,38)/b5-3+. The first-order chi connectivity index (χ1) is 19.1. The summed E-state index contributed by atoms with van der Waals surface area (Å²) in [5, 5.41) is 9.33. The summed E-state index contributed by atoms with van der Waals surface area (Å²) in [6.45, 7) is 4.42. The zero-order valence-electron chi connectivity index (χ0n) is 26.2. The lowest BCUT2D eigenvalue weighted by atomic mass is 9.97. The highest BCUT2D eigenvalue weighted by Gasteiger charge is 2.21. The van der Waals surface area contributed by atoms with Gasteiger partial charge in [0, 0.05) is 0 Å². The van der Waals surface area contributed by atoms with Gasteiger partial charge in [-0.3, -0.25) is 9.59 Å². The molecule has 0 fully saturated rings. The summed E-state index contributed by atoms with van der Waals surface area (Å²) in [5.74, 6) is -1.85. The molecule has 0 amide bonds. The number of rotatable bonds is 31. The molecule has 39 heavy (non-hydrogen) atoms. The maximum Gasteiger partial charge on any atom is 0.307 e. The molecular formula is C35H66O4. The Balaban J connectivity index is 3.27. The van der Waals surface area contributed by atoms with E-state index in [2.05, 4.69) is 19.1 Å². The second kappa shape index (κ2) is 31.2. The highest BCUT2D eigenvalue weighted by atomic mass is 16.5. The Bertz CT molecular complexity index is 557. The van der Waals surface area contributed by atoms with E-state index in [1.54, 1.807) is 0 Å². The summed E-state index contributed by atoms with van der Waals surface area (Å²) in [6, 6.07) is 0. The minimum atomic E-state index is -0.873. The summed E-state index contributed by atoms with van der Waals surface area (Å²) in [4.78, 5) is 23.1. The zero-order valence-corrected chi connectivity index (χ0v) is 26.2. The first-order valence-corrected chi connectivity index (χ1v) is 17.1. The lowest BCUT2D eigenvalue weighted by molar-refractivity contribution is -0.151. The normalized spacial score (nSPS) is 12.3. The van der Waals surface area contributed by atoms with Crippen LogP contribution in [0.1, 0.15) is 187 Å². The molecule has 0 radical (unpaired) electrons. The van der Waals surface area contributed by atoms with Crippen LogP contribution in [0.3, 0.4) is 0 Å². The minimum Gasteiger partial charge on any atom is -0.481 e. The average Bonchev–Trinajstić information content (AvgIpc) is 2.93. The number of hydrogen-bond acceptors (Lipinski definition) is 3. The quantitative estimate of drug-likeness (QED) is 0.0529. The average molecular weight is 551 g/mol. The van der Waals surface area contributed by atoms with Crippen molar-refractivity contribution < 1.29 is 19.4 Å². The van der Waals surface area contributed by atoms with Crippen molar-refractivity contribution in [2.45, 2.75) is 187 Å². The van der Waals surface area contributed by atoms with Crippen molar-refractivity contribution in [3.63, 3.8) is 0 Å². The molecule has 0 aliphatic carbocycles. The Morgan fingerprint density at radius 3 is 1.31 bits per heavy atom. The number of hydrogen-bond donors (Lipinski definition) is 1. The van der Waals surface area contributed by atoms with Crippen LogP contribution >= 0.6 is 0 Å². The minimum absolute atomic E-state index is 0.00747. The van der Waals surface area contributed by atoms with E-state index in [-0.39, 0.29) is 12.4 Å². The molecule has 230 valence electrons. The molecule has 0 aromatic carbocycles. The van der Waals surface area contributed by atoms with Crippen LogP contribution in [-0.4, -0.2) is 23.7 Å². The molecular weight excluding hydrogens is 484 g/mol. The van der Waals surface area contributed by atoms with Crippen LogP contribution < -0.4 is 0 Å². The van der Waals surface area contributed by atoms with E-state index in [4.69, 9.17) is 4.74 Å². The Hall–Kier alpha value is -1.32. The number of carboxylic acid groups (broad SMARTS) is 1. The molecule has 0 aromatic rings. The van der Waals surface area contributed by atoms with Gasteiger partial charge in [0.1, 0.15) is 0 Å². The summed E-state index contributed by atoms with van der Waals surface area (Å²) < 4.78 is 5.03. The maximum atomic E-state index is 11.7. The molecule has 1 N–H and O–H groups in total. The number of aliphatic carboxylic acids is 1. The molecule has 0 aliphatic heterocycles. The second-order valence-corrected chi connectivity index (χ2v) is 11.7. The van der Waals surface area contributed by atoms with E-state index in [1.165, 1.54) is 141 Å². The number of unbranched alkanes of at least 4 members (excludes halogenated alkanes) is 23. The topological polar surface area (TPSA) is 63.6 Å². The van der Waals surface area contributed by atoms with Crippen LogP contribution in [0, 0.1) is 5.92 Å². The summed E-state index contributed by atoms with van der Waals surface area (Å²) in [5.41, 5.74) is 0. The van der Waals surface area contributed by atoms with Crippen LogP contribution in [0.15, 0.2) is 12.2 Å². The van der Waals surface area contributed by atoms with Gasteiger partial charge in [0.05, 0.1) is 18.9 Å². The monoisotopic (exact) mass is 550 g/mol. The van der Waals surface area contributed by atoms with Gasteiger partial charge in [0.15, 0.2) is 0 Å². The Morgan fingerprint density at radius 2 is 0.974 bits per heavy atom. The molecule has 4 heteroatoms. The largest absolute Gasteiger partial charge is 0.481 e. The molecule has 1 atom stereocenters. The maximum absolute atomic E-state index is 11.7. The highest BCUT2D eigenvalue weighted by molar-refractivity contribution is 5.78.